The van der Waals surface area contributed by atoms with Crippen molar-refractivity contribution in [2.45, 2.75) is 19.8 Å². The van der Waals surface area contributed by atoms with E-state index in [2.05, 4.69) is 4.98 Å². The number of carboxylic acid groups (broad SMARTS) is 1. The third-order valence-corrected chi connectivity index (χ3v) is 4.68. The Bertz CT molecular complexity index is 560. The van der Waals surface area contributed by atoms with Crippen molar-refractivity contribution in [1.82, 2.24) is 4.98 Å². The van der Waals surface area contributed by atoms with Gasteiger partial charge in [0.05, 0.1) is 15.6 Å². The Morgan fingerprint density at radius 1 is 1.53 bits per heavy atom. The van der Waals surface area contributed by atoms with Gasteiger partial charge in [-0.3, -0.25) is 0 Å². The topological polar surface area (TPSA) is 50.2 Å². The summed E-state index contributed by atoms with van der Waals surface area (Å²) in [7, 11) is 0. The molecule has 0 saturated heterocycles. The molecule has 0 unspecified atom stereocenters. The summed E-state index contributed by atoms with van der Waals surface area (Å²) in [5.41, 5.74) is 0.641. The minimum atomic E-state index is -0.917. The van der Waals surface area contributed by atoms with Crippen LogP contribution >= 0.6 is 34.3 Å². The van der Waals surface area contributed by atoms with Gasteiger partial charge >= 0.3 is 5.97 Å². The molecule has 0 aliphatic carbocycles. The van der Waals surface area contributed by atoms with Crippen LogP contribution in [0.2, 0.25) is 5.02 Å². The summed E-state index contributed by atoms with van der Waals surface area (Å²) in [6.07, 6.45) is 0. The molecule has 17 heavy (non-hydrogen) atoms. The molecular weight excluding hydrogens is 278 g/mol. The molecule has 2 heterocycles. The number of aromatic nitrogens is 1. The fourth-order valence-corrected chi connectivity index (χ4v) is 3.60. The Balaban J connectivity index is 2.50. The lowest BCUT2D eigenvalue weighted by atomic mass is 10.1. The first-order valence-electron chi connectivity index (χ1n) is 4.97. The van der Waals surface area contributed by atoms with Crippen LogP contribution in [0.1, 0.15) is 35.1 Å². The summed E-state index contributed by atoms with van der Waals surface area (Å²) in [5.74, 6) is -0.818. The number of hydrogen-bond acceptors (Lipinski definition) is 4. The predicted molar refractivity (Wildman–Crippen MR) is 71.5 cm³/mol. The number of carbonyl (C=O) groups is 1. The van der Waals surface area contributed by atoms with Crippen LogP contribution in [0.15, 0.2) is 11.4 Å². The Hall–Kier alpha value is -0.910. The number of aromatic carboxylic acids is 1. The van der Waals surface area contributed by atoms with E-state index in [1.807, 2.05) is 19.2 Å². The molecule has 0 saturated carbocycles. The molecule has 0 radical (unpaired) electrons. The van der Waals surface area contributed by atoms with E-state index in [-0.39, 0.29) is 5.92 Å². The third kappa shape index (κ3) is 2.51. The van der Waals surface area contributed by atoms with Gasteiger partial charge in [0, 0.05) is 5.38 Å². The van der Waals surface area contributed by atoms with E-state index < -0.39 is 5.97 Å². The molecule has 2 aromatic heterocycles. The van der Waals surface area contributed by atoms with Crippen LogP contribution in [0.3, 0.4) is 0 Å². The van der Waals surface area contributed by atoms with Crippen molar-refractivity contribution in [2.75, 3.05) is 0 Å². The van der Waals surface area contributed by atoms with Crippen molar-refractivity contribution in [3.63, 3.8) is 0 Å². The number of nitrogens with zero attached hydrogens (tertiary/aromatic N) is 1. The van der Waals surface area contributed by atoms with Gasteiger partial charge in [0.1, 0.15) is 9.88 Å². The van der Waals surface area contributed by atoms with Crippen LogP contribution in [0.4, 0.5) is 0 Å². The van der Waals surface area contributed by atoms with Gasteiger partial charge in [-0.15, -0.1) is 22.7 Å². The van der Waals surface area contributed by atoms with Crippen molar-refractivity contribution >= 4 is 40.2 Å². The monoisotopic (exact) mass is 287 g/mol. The fourth-order valence-electron chi connectivity index (χ4n) is 1.41. The largest absolute Gasteiger partial charge is 0.477 e. The SMILES string of the molecule is CC(C)c1nc(-c2cc(Cl)cs2)sc1C(=O)O. The first-order valence-corrected chi connectivity index (χ1v) is 7.05. The smallest absolute Gasteiger partial charge is 0.347 e. The first-order chi connectivity index (χ1) is 7.99. The van der Waals surface area contributed by atoms with Gasteiger partial charge in [-0.05, 0) is 12.0 Å². The number of thiazole rings is 1. The lowest BCUT2D eigenvalue weighted by Crippen LogP contribution is -2.00. The maximum atomic E-state index is 11.1. The van der Waals surface area contributed by atoms with Gasteiger partial charge in [0.25, 0.3) is 0 Å². The minimum absolute atomic E-state index is 0.0986. The number of halogens is 1. The summed E-state index contributed by atoms with van der Waals surface area (Å²) in [6, 6.07) is 1.81. The zero-order valence-corrected chi connectivity index (χ0v) is 11.6. The average Bonchev–Trinajstić information content (AvgIpc) is 2.82. The van der Waals surface area contributed by atoms with E-state index in [0.29, 0.717) is 15.6 Å². The molecule has 0 bridgehead atoms. The Morgan fingerprint density at radius 3 is 2.65 bits per heavy atom. The predicted octanol–water partition coefficient (Wildman–Crippen LogP) is 4.35. The van der Waals surface area contributed by atoms with E-state index in [9.17, 15) is 4.79 Å². The quantitative estimate of drug-likeness (QED) is 0.913. The maximum Gasteiger partial charge on any atom is 0.347 e. The lowest BCUT2D eigenvalue weighted by molar-refractivity contribution is 0.0700. The summed E-state index contributed by atoms with van der Waals surface area (Å²) in [4.78, 5) is 16.8. The fraction of sp³-hybridized carbons (Fsp3) is 0.273. The second-order valence-corrected chi connectivity index (χ2v) is 6.17. The van der Waals surface area contributed by atoms with Crippen LogP contribution in [-0.4, -0.2) is 16.1 Å². The highest BCUT2D eigenvalue weighted by Crippen LogP contribution is 2.36. The summed E-state index contributed by atoms with van der Waals surface area (Å²) in [5, 5.41) is 12.3. The lowest BCUT2D eigenvalue weighted by Gasteiger charge is -2.00. The molecule has 0 atom stereocenters. The molecule has 3 nitrogen and oxygen atoms in total. The highest BCUT2D eigenvalue weighted by Gasteiger charge is 2.20. The van der Waals surface area contributed by atoms with Crippen molar-refractivity contribution in [1.29, 1.82) is 0 Å². The summed E-state index contributed by atoms with van der Waals surface area (Å²) in [6.45, 7) is 3.87. The minimum Gasteiger partial charge on any atom is -0.477 e. The molecule has 0 aromatic carbocycles. The van der Waals surface area contributed by atoms with Gasteiger partial charge in [-0.25, -0.2) is 9.78 Å². The molecule has 6 heteroatoms. The number of hydrogen-bond donors (Lipinski definition) is 1. The van der Waals surface area contributed by atoms with E-state index in [1.54, 1.807) is 6.07 Å². The van der Waals surface area contributed by atoms with Crippen molar-refractivity contribution in [2.24, 2.45) is 0 Å². The van der Waals surface area contributed by atoms with E-state index in [0.717, 1.165) is 9.88 Å². The van der Waals surface area contributed by atoms with Crippen LogP contribution in [0.25, 0.3) is 9.88 Å². The Morgan fingerprint density at radius 2 is 2.24 bits per heavy atom. The zero-order chi connectivity index (χ0) is 12.6. The first kappa shape index (κ1) is 12.5. The van der Waals surface area contributed by atoms with Gasteiger partial charge < -0.3 is 5.11 Å². The summed E-state index contributed by atoms with van der Waals surface area (Å²) >= 11 is 8.53. The van der Waals surface area contributed by atoms with Gasteiger partial charge in [0.2, 0.25) is 0 Å². The molecule has 0 fully saturated rings. The number of rotatable bonds is 3. The molecule has 0 aliphatic rings. The van der Waals surface area contributed by atoms with Gasteiger partial charge in [-0.1, -0.05) is 25.4 Å². The Labute approximate surface area is 112 Å². The van der Waals surface area contributed by atoms with E-state index in [4.69, 9.17) is 16.7 Å². The summed E-state index contributed by atoms with van der Waals surface area (Å²) < 4.78 is 0. The number of carboxylic acids is 1. The van der Waals surface area contributed by atoms with Crippen molar-refractivity contribution in [3.05, 3.63) is 27.0 Å². The normalized spacial score (nSPS) is 11.1. The molecule has 0 amide bonds. The second kappa shape index (κ2) is 4.76. The maximum absolute atomic E-state index is 11.1. The molecule has 2 rings (SSSR count). The van der Waals surface area contributed by atoms with Crippen LogP contribution in [0, 0.1) is 0 Å². The van der Waals surface area contributed by atoms with Crippen LogP contribution in [0.5, 0.6) is 0 Å². The van der Waals surface area contributed by atoms with Crippen LogP contribution < -0.4 is 0 Å². The zero-order valence-electron chi connectivity index (χ0n) is 9.23. The highest BCUT2D eigenvalue weighted by molar-refractivity contribution is 7.22. The van der Waals surface area contributed by atoms with Crippen LogP contribution in [-0.2, 0) is 0 Å². The van der Waals surface area contributed by atoms with E-state index >= 15 is 0 Å². The molecular formula is C11H10ClNO2S2. The van der Waals surface area contributed by atoms with Gasteiger partial charge in [0.15, 0.2) is 0 Å². The highest BCUT2D eigenvalue weighted by atomic mass is 35.5. The van der Waals surface area contributed by atoms with Crippen molar-refractivity contribution < 1.29 is 9.90 Å². The van der Waals surface area contributed by atoms with Gasteiger partial charge in [-0.2, -0.15) is 0 Å². The molecule has 2 aromatic rings. The second-order valence-electron chi connectivity index (χ2n) is 3.82. The van der Waals surface area contributed by atoms with Crippen molar-refractivity contribution in [3.8, 4) is 9.88 Å². The molecule has 0 aliphatic heterocycles. The average molecular weight is 288 g/mol. The number of thiophene rings is 1. The Kier molecular flexibility index (Phi) is 3.51. The standard InChI is InChI=1S/C11H10ClNO2S2/c1-5(2)8-9(11(14)15)17-10(13-8)7-3-6(12)4-16-7/h3-5H,1-2H3,(H,14,15). The third-order valence-electron chi connectivity index (χ3n) is 2.17. The van der Waals surface area contributed by atoms with E-state index in [1.165, 1.54) is 22.7 Å². The molecule has 90 valence electrons. The molecule has 0 spiro atoms. The molecule has 1 N–H and O–H groups in total.